The largest absolute Gasteiger partial charge is 1.00 e. The highest BCUT2D eigenvalue weighted by molar-refractivity contribution is 6.36. The standard InChI is InChI=1S/C37H44ClN6O4.ClH/c1-29(45)48-37-33(25-34(38)32-15-7-17-40-36(32)37)35-28-44(42-41-35)20-3-5-22-47-24-10-14-31-12-8-19-43(27-31)18-2-4-21-46-23-9-13-30-11-6-16-39-26-30;/h6-8,11-12,15-17,19,25-28H,2-5,9-10,13-14,18,20-24H2,1H3;1H/q+1;/p-1. The molecule has 10 nitrogen and oxygen atoms in total. The van der Waals surface area contributed by atoms with Crippen molar-refractivity contribution < 1.29 is 36.0 Å². The molecule has 0 unspecified atom stereocenters. The van der Waals surface area contributed by atoms with E-state index >= 15 is 0 Å². The predicted octanol–water partition coefficient (Wildman–Crippen LogP) is 3.62. The van der Waals surface area contributed by atoms with Crippen LogP contribution in [-0.2, 0) is 40.2 Å². The van der Waals surface area contributed by atoms with Gasteiger partial charge in [-0.05, 0) is 80.8 Å². The van der Waals surface area contributed by atoms with Gasteiger partial charge in [0.1, 0.15) is 17.8 Å². The summed E-state index contributed by atoms with van der Waals surface area (Å²) in [6, 6.07) is 13.8. The van der Waals surface area contributed by atoms with Crippen molar-refractivity contribution >= 4 is 28.5 Å². The molecular formula is C37H44Cl2N6O4. The molecule has 4 aromatic heterocycles. The van der Waals surface area contributed by atoms with E-state index in [9.17, 15) is 4.79 Å². The Hall–Kier alpha value is -3.96. The van der Waals surface area contributed by atoms with Gasteiger partial charge in [0.25, 0.3) is 0 Å². The topological polar surface area (TPSA) is 105 Å². The minimum atomic E-state index is -0.443. The number of esters is 1. The van der Waals surface area contributed by atoms with Crippen LogP contribution in [0.1, 0.15) is 56.6 Å². The second-order valence-electron chi connectivity index (χ2n) is 11.8. The minimum Gasteiger partial charge on any atom is -1.00 e. The summed E-state index contributed by atoms with van der Waals surface area (Å²) in [5, 5.41) is 9.79. The monoisotopic (exact) mass is 706 g/mol. The van der Waals surface area contributed by atoms with Gasteiger partial charge in [-0.15, -0.1) is 5.10 Å². The molecule has 0 bridgehead atoms. The Morgan fingerprint density at radius 2 is 1.63 bits per heavy atom. The lowest BCUT2D eigenvalue weighted by molar-refractivity contribution is -0.697. The zero-order chi connectivity index (χ0) is 33.4. The Morgan fingerprint density at radius 3 is 2.41 bits per heavy atom. The number of carbonyl (C=O) groups is 1. The average Bonchev–Trinajstić information content (AvgIpc) is 3.57. The van der Waals surface area contributed by atoms with E-state index < -0.39 is 5.97 Å². The first kappa shape index (κ1) is 37.9. The molecule has 0 atom stereocenters. The molecule has 5 rings (SSSR count). The van der Waals surface area contributed by atoms with Crippen molar-refractivity contribution in [2.24, 2.45) is 0 Å². The summed E-state index contributed by atoms with van der Waals surface area (Å²) >= 11 is 6.52. The molecule has 0 amide bonds. The van der Waals surface area contributed by atoms with E-state index in [-0.39, 0.29) is 12.4 Å². The van der Waals surface area contributed by atoms with E-state index in [1.807, 2.05) is 24.5 Å². The van der Waals surface area contributed by atoms with Crippen LogP contribution in [0.4, 0.5) is 0 Å². The molecule has 1 aromatic carbocycles. The number of halogens is 2. The number of hydrogen-bond donors (Lipinski definition) is 0. The third-order valence-corrected chi connectivity index (χ3v) is 8.20. The quantitative estimate of drug-likeness (QED) is 0.0524. The number of pyridine rings is 3. The number of ether oxygens (including phenoxy) is 3. The average molecular weight is 708 g/mol. The fraction of sp³-hybridized carbons (Fsp3) is 0.405. The van der Waals surface area contributed by atoms with Crippen molar-refractivity contribution in [1.29, 1.82) is 0 Å². The third kappa shape index (κ3) is 12.1. The van der Waals surface area contributed by atoms with Crippen molar-refractivity contribution in [2.45, 2.75) is 71.4 Å². The van der Waals surface area contributed by atoms with Crippen molar-refractivity contribution in [3.8, 4) is 17.0 Å². The SMILES string of the molecule is CC(=O)Oc1c(-c2cn(CCCCOCCCc3ccc[n+](CCCCOCCCc4cccnc4)c3)nn2)cc(Cl)c2cccnc12.[Cl-]. The molecule has 0 aliphatic carbocycles. The van der Waals surface area contributed by atoms with Gasteiger partial charge in [-0.2, -0.15) is 0 Å². The molecule has 5 aromatic rings. The number of benzene rings is 1. The van der Waals surface area contributed by atoms with E-state index in [0.717, 1.165) is 77.7 Å². The second kappa shape index (κ2) is 20.5. The summed E-state index contributed by atoms with van der Waals surface area (Å²) in [7, 11) is 0. The van der Waals surface area contributed by atoms with Crippen LogP contribution in [0.3, 0.4) is 0 Å². The number of unbranched alkanes of at least 4 members (excludes halogenated alkanes) is 2. The highest BCUT2D eigenvalue weighted by Crippen LogP contribution is 2.39. The molecule has 49 heavy (non-hydrogen) atoms. The summed E-state index contributed by atoms with van der Waals surface area (Å²) in [5.74, 6) is -0.111. The lowest BCUT2D eigenvalue weighted by Crippen LogP contribution is -3.00. The molecule has 0 radical (unpaired) electrons. The Bertz CT molecular complexity index is 1740. The number of fused-ring (bicyclic) bond motifs is 1. The van der Waals surface area contributed by atoms with Gasteiger partial charge >= 0.3 is 5.97 Å². The number of aryl methyl sites for hydroxylation is 4. The van der Waals surface area contributed by atoms with E-state index in [0.29, 0.717) is 46.1 Å². The fourth-order valence-corrected chi connectivity index (χ4v) is 5.75. The predicted molar refractivity (Wildman–Crippen MR) is 185 cm³/mol. The van der Waals surface area contributed by atoms with Crippen molar-refractivity contribution in [2.75, 3.05) is 26.4 Å². The summed E-state index contributed by atoms with van der Waals surface area (Å²) in [4.78, 5) is 20.4. The van der Waals surface area contributed by atoms with Crippen LogP contribution in [0.15, 0.2) is 79.6 Å². The van der Waals surface area contributed by atoms with Crippen molar-refractivity contribution in [1.82, 2.24) is 25.0 Å². The van der Waals surface area contributed by atoms with Gasteiger partial charge in [-0.1, -0.05) is 22.9 Å². The number of aromatic nitrogens is 6. The van der Waals surface area contributed by atoms with Crippen LogP contribution in [0, 0.1) is 0 Å². The first-order valence-corrected chi connectivity index (χ1v) is 17.1. The Morgan fingerprint density at radius 1 is 0.898 bits per heavy atom. The van der Waals surface area contributed by atoms with Gasteiger partial charge in [0.15, 0.2) is 18.1 Å². The van der Waals surface area contributed by atoms with E-state index in [4.69, 9.17) is 25.8 Å². The van der Waals surface area contributed by atoms with Crippen LogP contribution in [0.5, 0.6) is 5.75 Å². The Labute approximate surface area is 299 Å². The zero-order valence-corrected chi connectivity index (χ0v) is 29.5. The van der Waals surface area contributed by atoms with Gasteiger partial charge in [-0.3, -0.25) is 19.4 Å². The Balaban J connectivity index is 0.00000541. The molecule has 260 valence electrons. The van der Waals surface area contributed by atoms with Crippen molar-refractivity contribution in [3.63, 3.8) is 0 Å². The molecule has 4 heterocycles. The molecule has 12 heteroatoms. The lowest BCUT2D eigenvalue weighted by atomic mass is 10.1. The number of rotatable bonds is 20. The number of hydrogen-bond acceptors (Lipinski definition) is 8. The first-order valence-electron chi connectivity index (χ1n) is 16.8. The molecule has 0 aliphatic heterocycles. The number of nitrogens with zero attached hydrogens (tertiary/aromatic N) is 6. The lowest BCUT2D eigenvalue weighted by Gasteiger charge is -2.11. The summed E-state index contributed by atoms with van der Waals surface area (Å²) in [5.41, 5.74) is 4.25. The molecular weight excluding hydrogens is 663 g/mol. The third-order valence-electron chi connectivity index (χ3n) is 7.89. The molecule has 0 saturated carbocycles. The molecule has 0 N–H and O–H groups in total. The van der Waals surface area contributed by atoms with Crippen LogP contribution in [0.25, 0.3) is 22.2 Å². The summed E-state index contributed by atoms with van der Waals surface area (Å²) in [6.45, 7) is 6.09. The zero-order valence-electron chi connectivity index (χ0n) is 28.0. The van der Waals surface area contributed by atoms with Crippen LogP contribution >= 0.6 is 11.6 Å². The maximum absolute atomic E-state index is 11.8. The fourth-order valence-electron chi connectivity index (χ4n) is 5.49. The minimum absolute atomic E-state index is 0. The van der Waals surface area contributed by atoms with Gasteiger partial charge in [0, 0.05) is 81.9 Å². The van der Waals surface area contributed by atoms with Crippen LogP contribution in [-0.4, -0.2) is 57.4 Å². The molecule has 0 saturated heterocycles. The van der Waals surface area contributed by atoms with E-state index in [1.165, 1.54) is 18.1 Å². The normalized spacial score (nSPS) is 11.1. The van der Waals surface area contributed by atoms with Crippen LogP contribution < -0.4 is 21.7 Å². The highest BCUT2D eigenvalue weighted by atomic mass is 35.5. The smallest absolute Gasteiger partial charge is 0.308 e. The molecule has 0 fully saturated rings. The maximum atomic E-state index is 11.8. The maximum Gasteiger partial charge on any atom is 0.308 e. The van der Waals surface area contributed by atoms with Gasteiger partial charge in [0.2, 0.25) is 0 Å². The van der Waals surface area contributed by atoms with Crippen LogP contribution in [0.2, 0.25) is 5.02 Å². The first-order chi connectivity index (χ1) is 23.6. The van der Waals surface area contributed by atoms with E-state index in [1.54, 1.807) is 29.2 Å². The second-order valence-corrected chi connectivity index (χ2v) is 12.2. The van der Waals surface area contributed by atoms with Gasteiger partial charge in [-0.25, -0.2) is 4.57 Å². The molecule has 0 spiro atoms. The summed E-state index contributed by atoms with van der Waals surface area (Å²) < 4.78 is 21.3. The Kier molecular flexibility index (Phi) is 15.9. The van der Waals surface area contributed by atoms with Gasteiger partial charge in [0.05, 0.1) is 16.8 Å². The highest BCUT2D eigenvalue weighted by Gasteiger charge is 2.19. The molecule has 0 aliphatic rings. The summed E-state index contributed by atoms with van der Waals surface area (Å²) in [6.07, 6.45) is 19.6. The number of carbonyl (C=O) groups excluding carboxylic acids is 1. The van der Waals surface area contributed by atoms with Gasteiger partial charge < -0.3 is 26.6 Å². The van der Waals surface area contributed by atoms with Crippen molar-refractivity contribution in [3.05, 3.63) is 95.8 Å². The van der Waals surface area contributed by atoms with E-state index in [2.05, 4.69) is 55.4 Å².